The van der Waals surface area contributed by atoms with Gasteiger partial charge in [-0.05, 0) is 19.8 Å². The van der Waals surface area contributed by atoms with E-state index in [9.17, 15) is 9.59 Å². The standard InChI is InChI=1S/C9H10N4O2.C4H10/c1-3-10-7-5(2)11-9-12-6(14)4-13(9)8(7)15;1-4(2)3/h3H,4H2,1-2H3,(H,11,12,14);4H,1-3H3. The topological polar surface area (TPSA) is 76.3 Å². The van der Waals surface area contributed by atoms with E-state index < -0.39 is 0 Å². The Balaban J connectivity index is 0.000000399. The van der Waals surface area contributed by atoms with Gasteiger partial charge in [0.05, 0.1) is 5.69 Å². The van der Waals surface area contributed by atoms with Crippen molar-refractivity contribution in [3.8, 4) is 0 Å². The van der Waals surface area contributed by atoms with Crippen LogP contribution in [0.4, 0.5) is 11.6 Å². The number of nitrogens with one attached hydrogen (secondary N) is 1. The van der Waals surface area contributed by atoms with Crippen LogP contribution in [0.2, 0.25) is 0 Å². The maximum Gasteiger partial charge on any atom is 0.281 e. The Morgan fingerprint density at radius 2 is 1.95 bits per heavy atom. The number of aryl methyl sites for hydroxylation is 1. The van der Waals surface area contributed by atoms with E-state index in [1.165, 1.54) is 10.8 Å². The van der Waals surface area contributed by atoms with Crippen LogP contribution in [0.1, 0.15) is 33.4 Å². The lowest BCUT2D eigenvalue weighted by molar-refractivity contribution is -0.115. The van der Waals surface area contributed by atoms with E-state index in [0.717, 1.165) is 5.92 Å². The first-order valence-corrected chi connectivity index (χ1v) is 6.26. The van der Waals surface area contributed by atoms with E-state index in [4.69, 9.17) is 0 Å². The van der Waals surface area contributed by atoms with Crippen molar-refractivity contribution in [2.45, 2.75) is 41.2 Å². The predicted octanol–water partition coefficient (Wildman–Crippen LogP) is 1.89. The molecule has 1 aromatic rings. The van der Waals surface area contributed by atoms with E-state index in [1.807, 2.05) is 0 Å². The van der Waals surface area contributed by atoms with E-state index in [1.54, 1.807) is 13.8 Å². The third kappa shape index (κ3) is 3.74. The van der Waals surface area contributed by atoms with Crippen molar-refractivity contribution in [1.29, 1.82) is 0 Å². The third-order valence-electron chi connectivity index (χ3n) is 2.13. The summed E-state index contributed by atoms with van der Waals surface area (Å²) in [5.41, 5.74) is 0.526. The van der Waals surface area contributed by atoms with Gasteiger partial charge in [0.15, 0.2) is 0 Å². The minimum absolute atomic E-state index is 0.0215. The van der Waals surface area contributed by atoms with E-state index in [-0.39, 0.29) is 23.7 Å². The van der Waals surface area contributed by atoms with Crippen LogP contribution in [-0.2, 0) is 11.3 Å². The molecule has 0 fully saturated rings. The van der Waals surface area contributed by atoms with Crippen molar-refractivity contribution in [1.82, 2.24) is 9.55 Å². The zero-order valence-electron chi connectivity index (χ0n) is 12.0. The van der Waals surface area contributed by atoms with E-state index in [0.29, 0.717) is 11.6 Å². The summed E-state index contributed by atoms with van der Waals surface area (Å²) in [6, 6.07) is 0. The summed E-state index contributed by atoms with van der Waals surface area (Å²) in [4.78, 5) is 31.0. The molecule has 6 nitrogen and oxygen atoms in total. The molecule has 2 rings (SSSR count). The van der Waals surface area contributed by atoms with Crippen LogP contribution in [0.25, 0.3) is 0 Å². The van der Waals surface area contributed by atoms with Crippen LogP contribution in [-0.4, -0.2) is 21.7 Å². The second-order valence-electron chi connectivity index (χ2n) is 4.93. The number of rotatable bonds is 1. The van der Waals surface area contributed by atoms with Gasteiger partial charge < -0.3 is 0 Å². The molecule has 2 heterocycles. The number of nitrogens with zero attached hydrogens (tertiary/aromatic N) is 3. The number of aromatic nitrogens is 2. The van der Waals surface area contributed by atoms with Crippen molar-refractivity contribution in [2.24, 2.45) is 10.9 Å². The fourth-order valence-corrected chi connectivity index (χ4v) is 1.48. The molecule has 1 N–H and O–H groups in total. The van der Waals surface area contributed by atoms with Crippen LogP contribution in [0, 0.1) is 12.8 Å². The summed E-state index contributed by atoms with van der Waals surface area (Å²) in [6.07, 6.45) is 1.53. The smallest absolute Gasteiger partial charge is 0.281 e. The Labute approximate surface area is 112 Å². The highest BCUT2D eigenvalue weighted by molar-refractivity contribution is 5.92. The van der Waals surface area contributed by atoms with Gasteiger partial charge in [-0.25, -0.2) is 4.98 Å². The van der Waals surface area contributed by atoms with Crippen molar-refractivity contribution in [3.05, 3.63) is 16.0 Å². The lowest BCUT2D eigenvalue weighted by Gasteiger charge is -2.03. The number of anilines is 1. The minimum Gasteiger partial charge on any atom is -0.294 e. The van der Waals surface area contributed by atoms with E-state index >= 15 is 0 Å². The lowest BCUT2D eigenvalue weighted by atomic mass is 10.3. The third-order valence-corrected chi connectivity index (χ3v) is 2.13. The molecule has 104 valence electrons. The maximum absolute atomic E-state index is 11.8. The Hall–Kier alpha value is -1.98. The average Bonchev–Trinajstić information content (AvgIpc) is 2.64. The molecule has 6 heteroatoms. The first kappa shape index (κ1) is 15.1. The quantitative estimate of drug-likeness (QED) is 0.787. The second-order valence-corrected chi connectivity index (χ2v) is 4.93. The number of hydrogen-bond donors (Lipinski definition) is 1. The fraction of sp³-hybridized carbons (Fsp3) is 0.538. The summed E-state index contributed by atoms with van der Waals surface area (Å²) < 4.78 is 1.29. The minimum atomic E-state index is -0.283. The highest BCUT2D eigenvalue weighted by Crippen LogP contribution is 2.16. The number of amides is 1. The molecule has 0 bridgehead atoms. The largest absolute Gasteiger partial charge is 0.294 e. The molecule has 0 aliphatic carbocycles. The van der Waals surface area contributed by atoms with Crippen molar-refractivity contribution in [3.63, 3.8) is 0 Å². The maximum atomic E-state index is 11.8. The van der Waals surface area contributed by atoms with Crippen LogP contribution >= 0.6 is 0 Å². The number of aliphatic imine (C=N–C) groups is 1. The van der Waals surface area contributed by atoms with Crippen LogP contribution in [0.3, 0.4) is 0 Å². The van der Waals surface area contributed by atoms with Gasteiger partial charge >= 0.3 is 0 Å². The molecule has 0 radical (unpaired) electrons. The molecular formula is C13H20N4O2. The van der Waals surface area contributed by atoms with Gasteiger partial charge in [-0.1, -0.05) is 20.8 Å². The molecular weight excluding hydrogens is 244 g/mol. The zero-order valence-corrected chi connectivity index (χ0v) is 12.0. The van der Waals surface area contributed by atoms with Crippen LogP contribution in [0.5, 0.6) is 0 Å². The highest BCUT2D eigenvalue weighted by Gasteiger charge is 2.22. The van der Waals surface area contributed by atoms with Gasteiger partial charge in [0.25, 0.3) is 5.56 Å². The number of hydrogen-bond acceptors (Lipinski definition) is 4. The number of carbonyl (C=O) groups is 1. The number of fused-ring (bicyclic) bond motifs is 1. The molecule has 0 atom stereocenters. The van der Waals surface area contributed by atoms with Crippen molar-refractivity contribution in [2.75, 3.05) is 5.32 Å². The first-order chi connectivity index (χ1) is 8.86. The first-order valence-electron chi connectivity index (χ1n) is 6.26. The molecule has 1 aliphatic heterocycles. The van der Waals surface area contributed by atoms with Crippen LogP contribution in [0.15, 0.2) is 9.79 Å². The fourth-order valence-electron chi connectivity index (χ4n) is 1.48. The Morgan fingerprint density at radius 1 is 1.37 bits per heavy atom. The van der Waals surface area contributed by atoms with Gasteiger partial charge in [0.2, 0.25) is 11.9 Å². The van der Waals surface area contributed by atoms with Gasteiger partial charge in [0.1, 0.15) is 12.2 Å². The highest BCUT2D eigenvalue weighted by atomic mass is 16.2. The molecule has 0 aromatic carbocycles. The molecule has 0 spiro atoms. The average molecular weight is 264 g/mol. The van der Waals surface area contributed by atoms with Gasteiger partial charge in [-0.3, -0.25) is 24.5 Å². The SMILES string of the molecule is CC(C)C.CC=Nc1c(C)nc2n(c1=O)CC(=O)N2. The van der Waals surface area contributed by atoms with Gasteiger partial charge in [-0.2, -0.15) is 0 Å². The molecule has 1 aliphatic rings. The summed E-state index contributed by atoms with van der Waals surface area (Å²) in [5, 5.41) is 2.51. The molecule has 0 saturated heterocycles. The Kier molecular flexibility index (Phi) is 4.97. The molecule has 0 unspecified atom stereocenters. The number of carbonyl (C=O) groups excluding carboxylic acids is 1. The molecule has 1 amide bonds. The van der Waals surface area contributed by atoms with Gasteiger partial charge in [0, 0.05) is 6.21 Å². The predicted molar refractivity (Wildman–Crippen MR) is 76.2 cm³/mol. The summed E-state index contributed by atoms with van der Waals surface area (Å²) in [6.45, 7) is 9.93. The lowest BCUT2D eigenvalue weighted by Crippen LogP contribution is -2.20. The molecule has 19 heavy (non-hydrogen) atoms. The Bertz CT molecular complexity index is 556. The molecule has 1 aromatic heterocycles. The summed E-state index contributed by atoms with van der Waals surface area (Å²) >= 11 is 0. The normalized spacial score (nSPS) is 13.3. The molecule has 0 saturated carbocycles. The van der Waals surface area contributed by atoms with Gasteiger partial charge in [-0.15, -0.1) is 0 Å². The monoisotopic (exact) mass is 264 g/mol. The van der Waals surface area contributed by atoms with Crippen LogP contribution < -0.4 is 10.9 Å². The zero-order chi connectivity index (χ0) is 14.6. The van der Waals surface area contributed by atoms with E-state index in [2.05, 4.69) is 36.1 Å². The van der Waals surface area contributed by atoms with Crippen molar-refractivity contribution >= 4 is 23.8 Å². The second kappa shape index (κ2) is 6.26. The summed E-state index contributed by atoms with van der Waals surface area (Å²) in [7, 11) is 0. The van der Waals surface area contributed by atoms with Crippen molar-refractivity contribution < 1.29 is 4.79 Å². The summed E-state index contributed by atoms with van der Waals surface area (Å²) in [5.74, 6) is 0.911. The Morgan fingerprint density at radius 3 is 2.47 bits per heavy atom.